The standard InChI is InChI=1S/C18H14F2N2O2S/c1-24-17-15(10-3-6-12(25-2)7-4-10)16(21-22-18(17)23)11-5-8-13(19)14(20)9-11/h3-9H,1-2H3,(H,22,23). The third-order valence-electron chi connectivity index (χ3n) is 3.72. The van der Waals surface area contributed by atoms with Gasteiger partial charge in [0.1, 0.15) is 5.69 Å². The van der Waals surface area contributed by atoms with E-state index in [1.165, 1.54) is 13.2 Å². The van der Waals surface area contributed by atoms with Crippen LogP contribution in [0.3, 0.4) is 0 Å². The number of methoxy groups -OCH3 is 1. The molecule has 0 saturated heterocycles. The number of benzene rings is 2. The second-order valence-corrected chi connectivity index (χ2v) is 6.05. The summed E-state index contributed by atoms with van der Waals surface area (Å²) in [5, 5.41) is 6.37. The van der Waals surface area contributed by atoms with E-state index in [9.17, 15) is 13.6 Å². The smallest absolute Gasteiger partial charge is 0.307 e. The van der Waals surface area contributed by atoms with Crippen LogP contribution in [0.25, 0.3) is 22.4 Å². The lowest BCUT2D eigenvalue weighted by Gasteiger charge is -2.13. The third kappa shape index (κ3) is 3.28. The summed E-state index contributed by atoms with van der Waals surface area (Å²) >= 11 is 1.58. The highest BCUT2D eigenvalue weighted by molar-refractivity contribution is 7.98. The van der Waals surface area contributed by atoms with Crippen molar-refractivity contribution in [3.05, 3.63) is 64.5 Å². The number of aromatic nitrogens is 2. The minimum atomic E-state index is -0.992. The molecule has 0 unspecified atom stereocenters. The number of H-pyrrole nitrogens is 1. The van der Waals surface area contributed by atoms with Gasteiger partial charge in [-0.1, -0.05) is 12.1 Å². The molecule has 0 aliphatic heterocycles. The zero-order valence-corrected chi connectivity index (χ0v) is 14.3. The van der Waals surface area contributed by atoms with E-state index in [0.717, 1.165) is 17.0 Å². The molecule has 0 bridgehead atoms. The van der Waals surface area contributed by atoms with Gasteiger partial charge in [0.25, 0.3) is 0 Å². The van der Waals surface area contributed by atoms with Crippen molar-refractivity contribution in [2.24, 2.45) is 0 Å². The van der Waals surface area contributed by atoms with Crippen LogP contribution in [0.2, 0.25) is 0 Å². The Labute approximate surface area is 146 Å². The summed E-state index contributed by atoms with van der Waals surface area (Å²) in [4.78, 5) is 13.1. The molecule has 4 nitrogen and oxygen atoms in total. The molecule has 0 atom stereocenters. The topological polar surface area (TPSA) is 55.0 Å². The van der Waals surface area contributed by atoms with Gasteiger partial charge in [0.05, 0.1) is 12.7 Å². The third-order valence-corrected chi connectivity index (χ3v) is 4.46. The molecule has 0 fully saturated rings. The molecule has 3 aromatic rings. The van der Waals surface area contributed by atoms with Crippen molar-refractivity contribution in [3.63, 3.8) is 0 Å². The predicted octanol–water partition coefficient (Wildman–Crippen LogP) is 4.11. The van der Waals surface area contributed by atoms with E-state index in [0.29, 0.717) is 22.4 Å². The average molecular weight is 360 g/mol. The van der Waals surface area contributed by atoms with Gasteiger partial charge in [-0.3, -0.25) is 4.79 Å². The van der Waals surface area contributed by atoms with Crippen LogP contribution in [0.15, 0.2) is 52.2 Å². The van der Waals surface area contributed by atoms with Crippen LogP contribution in [0.5, 0.6) is 5.75 Å². The monoisotopic (exact) mass is 360 g/mol. The van der Waals surface area contributed by atoms with Gasteiger partial charge in [-0.2, -0.15) is 5.10 Å². The number of hydrogen-bond acceptors (Lipinski definition) is 4. The number of nitrogens with zero attached hydrogens (tertiary/aromatic N) is 1. The van der Waals surface area contributed by atoms with Gasteiger partial charge >= 0.3 is 5.56 Å². The van der Waals surface area contributed by atoms with E-state index in [1.807, 2.05) is 30.5 Å². The van der Waals surface area contributed by atoms with E-state index >= 15 is 0 Å². The highest BCUT2D eigenvalue weighted by Gasteiger charge is 2.19. The number of rotatable bonds is 4. The Bertz CT molecular complexity index is 972. The summed E-state index contributed by atoms with van der Waals surface area (Å²) in [5.41, 5.74) is 1.24. The van der Waals surface area contributed by atoms with Gasteiger partial charge in [-0.15, -0.1) is 11.8 Å². The van der Waals surface area contributed by atoms with Gasteiger partial charge in [0, 0.05) is 10.5 Å². The fourth-order valence-electron chi connectivity index (χ4n) is 2.51. The zero-order chi connectivity index (χ0) is 18.0. The van der Waals surface area contributed by atoms with Crippen LogP contribution < -0.4 is 10.3 Å². The van der Waals surface area contributed by atoms with E-state index in [1.54, 1.807) is 11.8 Å². The molecule has 0 aliphatic carbocycles. The normalized spacial score (nSPS) is 10.7. The molecule has 7 heteroatoms. The molecule has 1 N–H and O–H groups in total. The number of aromatic amines is 1. The lowest BCUT2D eigenvalue weighted by molar-refractivity contribution is 0.408. The van der Waals surface area contributed by atoms with Crippen LogP contribution in [0.1, 0.15) is 0 Å². The molecule has 128 valence electrons. The molecule has 25 heavy (non-hydrogen) atoms. The fraction of sp³-hybridized carbons (Fsp3) is 0.111. The summed E-state index contributed by atoms with van der Waals surface area (Å²) in [6.45, 7) is 0. The summed E-state index contributed by atoms with van der Waals surface area (Å²) in [5.74, 6) is -1.88. The van der Waals surface area contributed by atoms with E-state index in [-0.39, 0.29) is 5.75 Å². The second-order valence-electron chi connectivity index (χ2n) is 5.17. The van der Waals surface area contributed by atoms with Crippen molar-refractivity contribution in [2.75, 3.05) is 13.4 Å². The number of halogens is 2. The first-order valence-electron chi connectivity index (χ1n) is 7.31. The Kier molecular flexibility index (Phi) is 4.85. The first kappa shape index (κ1) is 17.2. The predicted molar refractivity (Wildman–Crippen MR) is 94.0 cm³/mol. The molecule has 0 radical (unpaired) electrons. The molecule has 2 aromatic carbocycles. The maximum absolute atomic E-state index is 13.7. The minimum absolute atomic E-state index is 0.0617. The second kappa shape index (κ2) is 7.06. The number of thioether (sulfide) groups is 1. The highest BCUT2D eigenvalue weighted by atomic mass is 32.2. The lowest BCUT2D eigenvalue weighted by Crippen LogP contribution is -2.14. The molecule has 0 aliphatic rings. The Morgan fingerprint density at radius 1 is 1.04 bits per heavy atom. The first-order chi connectivity index (χ1) is 12.0. The molecule has 3 rings (SSSR count). The van der Waals surface area contributed by atoms with E-state index in [2.05, 4.69) is 10.2 Å². The van der Waals surface area contributed by atoms with Crippen LogP contribution in [0.4, 0.5) is 8.78 Å². The largest absolute Gasteiger partial charge is 0.491 e. The fourth-order valence-corrected chi connectivity index (χ4v) is 2.92. The maximum Gasteiger partial charge on any atom is 0.307 e. The van der Waals surface area contributed by atoms with Gasteiger partial charge in [-0.25, -0.2) is 13.9 Å². The molecule has 0 spiro atoms. The maximum atomic E-state index is 13.7. The van der Waals surface area contributed by atoms with Gasteiger partial charge in [0.15, 0.2) is 17.4 Å². The van der Waals surface area contributed by atoms with Crippen molar-refractivity contribution in [2.45, 2.75) is 4.90 Å². The summed E-state index contributed by atoms with van der Waals surface area (Å²) in [7, 11) is 1.37. The van der Waals surface area contributed by atoms with Crippen molar-refractivity contribution in [3.8, 4) is 28.1 Å². The van der Waals surface area contributed by atoms with E-state index < -0.39 is 17.2 Å². The Morgan fingerprint density at radius 3 is 2.32 bits per heavy atom. The van der Waals surface area contributed by atoms with Crippen molar-refractivity contribution in [1.82, 2.24) is 10.2 Å². The van der Waals surface area contributed by atoms with Crippen molar-refractivity contribution < 1.29 is 13.5 Å². The van der Waals surface area contributed by atoms with Gasteiger partial charge in [0.2, 0.25) is 0 Å². The Hall–Kier alpha value is -2.67. The highest BCUT2D eigenvalue weighted by Crippen LogP contribution is 2.36. The summed E-state index contributed by atoms with van der Waals surface area (Å²) < 4.78 is 32.1. The Morgan fingerprint density at radius 2 is 1.72 bits per heavy atom. The average Bonchev–Trinajstić information content (AvgIpc) is 2.64. The van der Waals surface area contributed by atoms with Crippen LogP contribution in [0, 0.1) is 11.6 Å². The minimum Gasteiger partial charge on any atom is -0.491 e. The Balaban J connectivity index is 2.28. The SMILES string of the molecule is COc1c(-c2ccc(SC)cc2)c(-c2ccc(F)c(F)c2)n[nH]c1=O. The molecule has 1 heterocycles. The molecule has 0 saturated carbocycles. The van der Waals surface area contributed by atoms with Crippen molar-refractivity contribution in [1.29, 1.82) is 0 Å². The zero-order valence-electron chi connectivity index (χ0n) is 13.5. The quantitative estimate of drug-likeness (QED) is 0.712. The van der Waals surface area contributed by atoms with E-state index in [4.69, 9.17) is 4.74 Å². The number of hydrogen-bond donors (Lipinski definition) is 1. The summed E-state index contributed by atoms with van der Waals surface area (Å²) in [6.07, 6.45) is 1.96. The number of ether oxygens (including phenoxy) is 1. The van der Waals surface area contributed by atoms with Crippen molar-refractivity contribution >= 4 is 11.8 Å². The summed E-state index contributed by atoms with van der Waals surface area (Å²) in [6, 6.07) is 10.9. The number of nitrogens with one attached hydrogen (secondary N) is 1. The molecule has 1 aromatic heterocycles. The molecular formula is C18H14F2N2O2S. The molecule has 0 amide bonds. The first-order valence-corrected chi connectivity index (χ1v) is 8.54. The van der Waals surface area contributed by atoms with Gasteiger partial charge in [-0.05, 0) is 42.2 Å². The van der Waals surface area contributed by atoms with Crippen LogP contribution in [-0.4, -0.2) is 23.6 Å². The molecular weight excluding hydrogens is 346 g/mol. The van der Waals surface area contributed by atoms with Crippen LogP contribution >= 0.6 is 11.8 Å². The lowest BCUT2D eigenvalue weighted by atomic mass is 9.99. The van der Waals surface area contributed by atoms with Gasteiger partial charge < -0.3 is 4.74 Å². The van der Waals surface area contributed by atoms with Crippen LogP contribution in [-0.2, 0) is 0 Å².